The molecular weight excluding hydrogens is 425 g/mol. The van der Waals surface area contributed by atoms with Crippen LogP contribution in [0.2, 0.25) is 0 Å². The Kier molecular flexibility index (Phi) is 4.70. The van der Waals surface area contributed by atoms with Gasteiger partial charge in [-0.25, -0.2) is 4.39 Å². The molecule has 3 heterocycles. The zero-order valence-electron chi connectivity index (χ0n) is 18.6. The Hall–Kier alpha value is -4.14. The van der Waals surface area contributed by atoms with E-state index in [-0.39, 0.29) is 18.0 Å². The maximum atomic E-state index is 15.3. The molecule has 0 spiro atoms. The zero-order valence-corrected chi connectivity index (χ0v) is 18.6. The molecule has 1 aliphatic heterocycles. The quantitative estimate of drug-likeness (QED) is 0.520. The highest BCUT2D eigenvalue weighted by Gasteiger charge is 2.28. The lowest BCUT2D eigenvalue weighted by atomic mass is 10.0. The first-order valence-corrected chi connectivity index (χ1v) is 10.3. The number of nitrogens with zero attached hydrogens (tertiary/aromatic N) is 4. The third-order valence-electron chi connectivity index (χ3n) is 5.97. The van der Waals surface area contributed by atoms with Crippen LogP contribution in [0.3, 0.4) is 0 Å². The Morgan fingerprint density at radius 2 is 1.88 bits per heavy atom. The molecule has 0 saturated carbocycles. The van der Waals surface area contributed by atoms with Gasteiger partial charge in [0.05, 0.1) is 35.9 Å². The first-order chi connectivity index (χ1) is 15.8. The number of halogens is 1. The van der Waals surface area contributed by atoms with Crippen molar-refractivity contribution < 1.29 is 13.9 Å². The molecule has 1 N–H and O–H groups in total. The summed E-state index contributed by atoms with van der Waals surface area (Å²) in [6.45, 7) is 1.73. The van der Waals surface area contributed by atoms with Crippen molar-refractivity contribution in [3.63, 3.8) is 0 Å². The van der Waals surface area contributed by atoms with E-state index in [1.807, 2.05) is 0 Å². The van der Waals surface area contributed by atoms with Crippen LogP contribution in [0.5, 0.6) is 5.75 Å². The number of aromatic nitrogens is 3. The number of pyridine rings is 1. The van der Waals surface area contributed by atoms with Crippen LogP contribution < -0.4 is 20.5 Å². The zero-order chi connectivity index (χ0) is 23.4. The number of benzene rings is 2. The minimum absolute atomic E-state index is 0.0111. The van der Waals surface area contributed by atoms with E-state index in [1.54, 1.807) is 71.8 Å². The Morgan fingerprint density at radius 3 is 2.58 bits per heavy atom. The molecule has 0 aliphatic carbocycles. The third kappa shape index (κ3) is 3.32. The number of hydrogen-bond acceptors (Lipinski definition) is 5. The van der Waals surface area contributed by atoms with Crippen molar-refractivity contribution in [2.24, 2.45) is 14.1 Å². The maximum Gasteiger partial charge on any atom is 0.253 e. The number of carbonyl (C=O) groups is 1. The van der Waals surface area contributed by atoms with Crippen molar-refractivity contribution in [2.45, 2.75) is 6.92 Å². The summed E-state index contributed by atoms with van der Waals surface area (Å²) in [6, 6.07) is 8.39. The molecule has 0 saturated heterocycles. The molecule has 33 heavy (non-hydrogen) atoms. The van der Waals surface area contributed by atoms with Crippen molar-refractivity contribution in [1.82, 2.24) is 14.3 Å². The summed E-state index contributed by atoms with van der Waals surface area (Å²) in [5.41, 5.74) is 3.71. The molecule has 0 radical (unpaired) electrons. The van der Waals surface area contributed by atoms with E-state index in [0.717, 1.165) is 5.39 Å². The van der Waals surface area contributed by atoms with Crippen molar-refractivity contribution in [3.05, 3.63) is 64.5 Å². The fourth-order valence-corrected chi connectivity index (χ4v) is 4.32. The molecule has 0 bridgehead atoms. The molecule has 1 amide bonds. The molecule has 4 aromatic rings. The fourth-order valence-electron chi connectivity index (χ4n) is 4.32. The lowest BCUT2D eigenvalue weighted by Crippen LogP contribution is -2.35. The number of aryl methyl sites for hydroxylation is 3. The SMILES string of the molecule is COc1cc(N2CC(=O)Nc3cc(-c4cnn(C)c4)c(F)cc32)c2cc(C)c(=O)n(C)c2c1. The number of ether oxygens (including phenoxy) is 1. The number of methoxy groups -OCH3 is 1. The average Bonchev–Trinajstić information content (AvgIpc) is 3.22. The average molecular weight is 447 g/mol. The van der Waals surface area contributed by atoms with E-state index in [1.165, 1.54) is 13.2 Å². The summed E-state index contributed by atoms with van der Waals surface area (Å²) in [7, 11) is 4.98. The summed E-state index contributed by atoms with van der Waals surface area (Å²) in [4.78, 5) is 27.0. The summed E-state index contributed by atoms with van der Waals surface area (Å²) in [6.07, 6.45) is 3.29. The molecule has 8 nitrogen and oxygen atoms in total. The van der Waals surface area contributed by atoms with Crippen LogP contribution in [0.15, 0.2) is 47.5 Å². The van der Waals surface area contributed by atoms with Crippen LogP contribution >= 0.6 is 0 Å². The van der Waals surface area contributed by atoms with Gasteiger partial charge in [0.1, 0.15) is 18.1 Å². The standard InChI is InChI=1S/C24H22FN5O3/c1-13-5-17-20(29(3)24(13)32)6-15(33-4)7-21(17)30-12-23(31)27-19-8-16(18(25)9-22(19)30)14-10-26-28(2)11-14/h5-11H,12H2,1-4H3,(H,27,31). The van der Waals surface area contributed by atoms with Gasteiger partial charge in [-0.3, -0.25) is 14.3 Å². The second-order valence-electron chi connectivity index (χ2n) is 8.16. The number of amides is 1. The lowest BCUT2D eigenvalue weighted by Gasteiger charge is -2.32. The highest BCUT2D eigenvalue weighted by Crippen LogP contribution is 2.42. The van der Waals surface area contributed by atoms with Crippen LogP contribution in [0.25, 0.3) is 22.0 Å². The highest BCUT2D eigenvalue weighted by atomic mass is 19.1. The number of hydrogen-bond donors (Lipinski definition) is 1. The van der Waals surface area contributed by atoms with Gasteiger partial charge in [0.2, 0.25) is 5.91 Å². The molecule has 0 unspecified atom stereocenters. The van der Waals surface area contributed by atoms with Gasteiger partial charge in [-0.15, -0.1) is 0 Å². The Bertz CT molecular complexity index is 1500. The molecule has 0 fully saturated rings. The van der Waals surface area contributed by atoms with Gasteiger partial charge in [-0.2, -0.15) is 5.10 Å². The van der Waals surface area contributed by atoms with Gasteiger partial charge >= 0.3 is 0 Å². The van der Waals surface area contributed by atoms with Crippen LogP contribution in [0.4, 0.5) is 21.5 Å². The van der Waals surface area contributed by atoms with E-state index in [0.29, 0.717) is 45.0 Å². The summed E-state index contributed by atoms with van der Waals surface area (Å²) in [5.74, 6) is -0.140. The Labute approximate surface area is 188 Å². The van der Waals surface area contributed by atoms with E-state index in [2.05, 4.69) is 10.4 Å². The van der Waals surface area contributed by atoms with Crippen LogP contribution in [-0.2, 0) is 18.9 Å². The van der Waals surface area contributed by atoms with E-state index >= 15 is 4.39 Å². The first kappa shape index (κ1) is 20.7. The molecule has 168 valence electrons. The van der Waals surface area contributed by atoms with Crippen molar-refractivity contribution >= 4 is 33.9 Å². The number of anilines is 3. The molecule has 1 aliphatic rings. The number of carbonyl (C=O) groups excluding carboxylic acids is 1. The van der Waals surface area contributed by atoms with Gasteiger partial charge < -0.3 is 19.5 Å². The maximum absolute atomic E-state index is 15.3. The van der Waals surface area contributed by atoms with Gasteiger partial charge in [0.15, 0.2) is 0 Å². The Morgan fingerprint density at radius 1 is 1.09 bits per heavy atom. The Balaban J connectivity index is 1.76. The normalized spacial score (nSPS) is 13.2. The highest BCUT2D eigenvalue weighted by molar-refractivity contribution is 6.07. The van der Waals surface area contributed by atoms with E-state index < -0.39 is 5.82 Å². The minimum Gasteiger partial charge on any atom is -0.497 e. The summed E-state index contributed by atoms with van der Waals surface area (Å²) >= 11 is 0. The predicted octanol–water partition coefficient (Wildman–Crippen LogP) is 3.49. The van der Waals surface area contributed by atoms with Crippen molar-refractivity contribution in [2.75, 3.05) is 23.9 Å². The minimum atomic E-state index is -0.432. The van der Waals surface area contributed by atoms with Gasteiger partial charge in [0.25, 0.3) is 5.56 Å². The predicted molar refractivity (Wildman–Crippen MR) is 125 cm³/mol. The summed E-state index contributed by atoms with van der Waals surface area (Å²) in [5, 5.41) is 7.72. The number of fused-ring (bicyclic) bond motifs is 2. The number of nitrogens with one attached hydrogen (secondary N) is 1. The summed E-state index contributed by atoms with van der Waals surface area (Å²) < 4.78 is 23.9. The first-order valence-electron chi connectivity index (χ1n) is 10.3. The molecule has 9 heteroatoms. The number of rotatable bonds is 3. The molecule has 2 aromatic heterocycles. The van der Waals surface area contributed by atoms with Gasteiger partial charge in [0, 0.05) is 60.6 Å². The fraction of sp³-hybridized carbons (Fsp3) is 0.208. The van der Waals surface area contributed by atoms with Crippen LogP contribution in [-0.4, -0.2) is 33.9 Å². The van der Waals surface area contributed by atoms with Crippen LogP contribution in [0, 0.1) is 12.7 Å². The topological polar surface area (TPSA) is 81.4 Å². The molecule has 5 rings (SSSR count). The smallest absolute Gasteiger partial charge is 0.253 e. The lowest BCUT2D eigenvalue weighted by molar-refractivity contribution is -0.115. The van der Waals surface area contributed by atoms with E-state index in [4.69, 9.17) is 4.74 Å². The van der Waals surface area contributed by atoms with Gasteiger partial charge in [-0.1, -0.05) is 0 Å². The molecule has 0 atom stereocenters. The second kappa shape index (κ2) is 7.47. The van der Waals surface area contributed by atoms with Crippen molar-refractivity contribution in [3.8, 4) is 16.9 Å². The van der Waals surface area contributed by atoms with Gasteiger partial charge in [-0.05, 0) is 19.1 Å². The van der Waals surface area contributed by atoms with Crippen molar-refractivity contribution in [1.29, 1.82) is 0 Å². The largest absolute Gasteiger partial charge is 0.497 e. The van der Waals surface area contributed by atoms with Crippen LogP contribution in [0.1, 0.15) is 5.56 Å². The molecular formula is C24H22FN5O3. The third-order valence-corrected chi connectivity index (χ3v) is 5.97. The van der Waals surface area contributed by atoms with E-state index in [9.17, 15) is 9.59 Å². The second-order valence-corrected chi connectivity index (χ2v) is 8.16. The molecule has 2 aromatic carbocycles. The monoisotopic (exact) mass is 447 g/mol.